The topological polar surface area (TPSA) is 212 Å². The molecule has 0 radical (unpaired) electrons. The van der Waals surface area contributed by atoms with Crippen LogP contribution in [0.15, 0.2) is 0 Å². The minimum Gasteiger partial charge on any atom is 0 e. The molecule has 10 heteroatoms. The third-order valence-corrected chi connectivity index (χ3v) is 0. The third kappa shape index (κ3) is 402. The molecule has 0 aromatic carbocycles. The molecule has 0 aliphatic rings. The van der Waals surface area contributed by atoms with E-state index in [1.165, 1.54) is 0 Å². The Labute approximate surface area is 102 Å². The van der Waals surface area contributed by atoms with Crippen molar-refractivity contribution in [3.05, 3.63) is 13.3 Å². The van der Waals surface area contributed by atoms with Crippen LogP contribution in [-0.4, -0.2) is 47.7 Å². The van der Waals surface area contributed by atoms with Gasteiger partial charge in [-0.05, 0) is 0 Å². The number of aliphatic hydroxyl groups excluding tert-OH is 2. The molecule has 6 N–H and O–H groups in total. The summed E-state index contributed by atoms with van der Waals surface area (Å²) in [6.07, 6.45) is 0.500. The molecule has 0 atom stereocenters. The molecule has 0 aliphatic carbocycles. The van der Waals surface area contributed by atoms with Crippen LogP contribution in [0.5, 0.6) is 0 Å². The van der Waals surface area contributed by atoms with Crippen molar-refractivity contribution < 1.29 is 61.1 Å². The molecule has 112 valence electrons. The van der Waals surface area contributed by atoms with E-state index in [0.717, 1.165) is 14.2 Å². The molecule has 0 amide bonds. The van der Waals surface area contributed by atoms with Gasteiger partial charge in [-0.25, -0.2) is 0 Å². The first-order chi connectivity index (χ1) is 6.83. The van der Waals surface area contributed by atoms with Gasteiger partial charge in [0.25, 0.3) is 0 Å². The predicted molar refractivity (Wildman–Crippen MR) is 58.3 cm³/mol. The largest absolute Gasteiger partial charge is 0 e. The Bertz CT molecular complexity index is 140. The minimum atomic E-state index is 0. The van der Waals surface area contributed by atoms with E-state index in [4.69, 9.17) is 38.7 Å². The third-order valence-electron chi connectivity index (χ3n) is 0. The summed E-state index contributed by atoms with van der Waals surface area (Å²) in [5, 5.41) is 14.0. The summed E-state index contributed by atoms with van der Waals surface area (Å²) in [5.41, 5.74) is 0. The Kier molecular flexibility index (Phi) is 1210000. The van der Waals surface area contributed by atoms with Gasteiger partial charge in [-0.15, -0.1) is 0 Å². The van der Waals surface area contributed by atoms with E-state index in [-0.39, 0.29) is 34.7 Å². The molecular formula is C6H28O10. The molecule has 0 heterocycles. The number of carbonyl (C=O) groups excluding carboxylic acids is 4. The molecular weight excluding hydrogens is 232 g/mol. The Hall–Kier alpha value is -1.92. The SMILES string of the molecule is CO.CO.O.O.O=C=O.O=C=O.[C-]#[O+].[C-]#[O+].[HH].[HH].[HH].[HH].[HH].[HH].[HH].[HH]. The zero-order valence-electron chi connectivity index (χ0n) is 8.34. The van der Waals surface area contributed by atoms with Crippen molar-refractivity contribution in [2.24, 2.45) is 0 Å². The fraction of sp³-hybridized carbons (Fsp3) is 0.333. The van der Waals surface area contributed by atoms with Crippen LogP contribution >= 0.6 is 0 Å². The molecule has 0 fully saturated rings. The molecule has 0 saturated heterocycles. The Balaban J connectivity index is -0.00000000213. The second-order valence-corrected chi connectivity index (χ2v) is 0.167. The number of rotatable bonds is 0. The van der Waals surface area contributed by atoms with E-state index < -0.39 is 0 Å². The average molecular weight is 260 g/mol. The van der Waals surface area contributed by atoms with Gasteiger partial charge >= 0.3 is 34.9 Å². The van der Waals surface area contributed by atoms with E-state index >= 15 is 0 Å². The van der Waals surface area contributed by atoms with Crippen LogP contribution in [-0.2, 0) is 28.5 Å². The molecule has 0 bridgehead atoms. The maximum absolute atomic E-state index is 8.12. The molecule has 16 heavy (non-hydrogen) atoms. The standard InChI is InChI=1S/2CO2.2CH4O.2CO.2H2O.8H2/c2*2-1-3;4*1-2;;;;;;;;;;/h;;2*2H,1H3;;;2*1H2;8*1H. The van der Waals surface area contributed by atoms with E-state index in [9.17, 15) is 0 Å². The van der Waals surface area contributed by atoms with Gasteiger partial charge in [0.05, 0.1) is 0 Å². The van der Waals surface area contributed by atoms with Crippen molar-refractivity contribution in [1.82, 2.24) is 0 Å². The quantitative estimate of drug-likeness (QED) is 0.381. The van der Waals surface area contributed by atoms with Gasteiger partial charge in [-0.1, -0.05) is 0 Å². The predicted octanol–water partition coefficient (Wildman–Crippen LogP) is -1.71. The van der Waals surface area contributed by atoms with Gasteiger partial charge in [0.15, 0.2) is 0 Å². The summed E-state index contributed by atoms with van der Waals surface area (Å²) in [6.45, 7) is 9.00. The summed E-state index contributed by atoms with van der Waals surface area (Å²) in [6, 6.07) is 0. The Morgan fingerprint density at radius 2 is 0.750 bits per heavy atom. The maximum Gasteiger partial charge on any atom is 0 e. The molecule has 0 spiro atoms. The van der Waals surface area contributed by atoms with Crippen LogP contribution in [0.2, 0.25) is 0 Å². The molecule has 0 aromatic heterocycles. The van der Waals surface area contributed by atoms with Crippen molar-refractivity contribution >= 4 is 12.3 Å². The molecule has 0 aliphatic heterocycles. The molecule has 10 nitrogen and oxygen atoms in total. The van der Waals surface area contributed by atoms with E-state index in [2.05, 4.69) is 13.3 Å². The van der Waals surface area contributed by atoms with Crippen LogP contribution in [0.25, 0.3) is 0 Å². The first kappa shape index (κ1) is 65.2. The maximum atomic E-state index is 8.12. The monoisotopic (exact) mass is 260 g/mol. The zero-order chi connectivity index (χ0) is 13.4. The average Bonchev–Trinajstić information content (AvgIpc) is 2.31. The van der Waals surface area contributed by atoms with Crippen LogP contribution in [0.1, 0.15) is 11.4 Å². The number of hydrogen-bond donors (Lipinski definition) is 2. The van der Waals surface area contributed by atoms with Crippen molar-refractivity contribution in [1.29, 1.82) is 0 Å². The second kappa shape index (κ2) is 298000. The fourth-order valence-corrected chi connectivity index (χ4v) is 0. The van der Waals surface area contributed by atoms with Crippen molar-refractivity contribution in [2.45, 2.75) is 0 Å². The van der Waals surface area contributed by atoms with Crippen molar-refractivity contribution in [2.75, 3.05) is 14.2 Å². The summed E-state index contributed by atoms with van der Waals surface area (Å²) >= 11 is 0. The van der Waals surface area contributed by atoms with Crippen LogP contribution in [0.3, 0.4) is 0 Å². The van der Waals surface area contributed by atoms with Gasteiger partial charge in [-0.2, -0.15) is 19.2 Å². The first-order valence-electron chi connectivity index (χ1n) is 2.12. The minimum absolute atomic E-state index is 0. The van der Waals surface area contributed by atoms with E-state index in [1.807, 2.05) is 0 Å². The van der Waals surface area contributed by atoms with Crippen LogP contribution in [0.4, 0.5) is 0 Å². The van der Waals surface area contributed by atoms with Crippen LogP contribution in [0, 0.1) is 13.3 Å². The molecule has 0 aromatic rings. The smallest absolute Gasteiger partial charge is 0 e. The Morgan fingerprint density at radius 3 is 0.750 bits per heavy atom. The van der Waals surface area contributed by atoms with Crippen molar-refractivity contribution in [3.8, 4) is 0 Å². The summed E-state index contributed by atoms with van der Waals surface area (Å²) in [7, 11) is 2.00. The van der Waals surface area contributed by atoms with Gasteiger partial charge in [-0.3, -0.25) is 0 Å². The molecule has 0 rings (SSSR count). The molecule has 0 unspecified atom stereocenters. The Morgan fingerprint density at radius 1 is 0.750 bits per heavy atom. The van der Waals surface area contributed by atoms with E-state index in [0.29, 0.717) is 0 Å². The van der Waals surface area contributed by atoms with Gasteiger partial charge in [0.1, 0.15) is 0 Å². The number of hydrogen-bond acceptors (Lipinski definition) is 6. The van der Waals surface area contributed by atoms with Gasteiger partial charge < -0.3 is 21.2 Å². The fourth-order valence-electron chi connectivity index (χ4n) is 0. The van der Waals surface area contributed by atoms with Crippen molar-refractivity contribution in [3.63, 3.8) is 0 Å². The summed E-state index contributed by atoms with van der Waals surface area (Å²) in [5.74, 6) is 0. The summed E-state index contributed by atoms with van der Waals surface area (Å²) < 4.78 is 15.0. The number of aliphatic hydroxyl groups is 2. The zero-order valence-corrected chi connectivity index (χ0v) is 8.34. The first-order valence-corrected chi connectivity index (χ1v) is 2.12. The van der Waals surface area contributed by atoms with Gasteiger partial charge in [0, 0.05) is 25.6 Å². The molecule has 0 saturated carbocycles. The van der Waals surface area contributed by atoms with Crippen LogP contribution < -0.4 is 0 Å². The van der Waals surface area contributed by atoms with Gasteiger partial charge in [0.2, 0.25) is 0 Å². The summed E-state index contributed by atoms with van der Waals surface area (Å²) in [4.78, 5) is 32.5. The van der Waals surface area contributed by atoms with E-state index in [1.54, 1.807) is 0 Å². The normalized spacial score (nSPS) is 2.00. The second-order valence-electron chi connectivity index (χ2n) is 0.167.